The van der Waals surface area contributed by atoms with Crippen molar-refractivity contribution in [1.29, 1.82) is 0 Å². The van der Waals surface area contributed by atoms with Crippen molar-refractivity contribution in [2.45, 2.75) is 6.92 Å². The topological polar surface area (TPSA) is 61.0 Å². The molecule has 0 spiro atoms. The summed E-state index contributed by atoms with van der Waals surface area (Å²) in [6.45, 7) is 1.98. The number of aromatic nitrogens is 2. The van der Waals surface area contributed by atoms with E-state index in [0.717, 1.165) is 11.1 Å². The molecule has 0 saturated carbocycles. The van der Waals surface area contributed by atoms with E-state index in [9.17, 15) is 4.39 Å². The Morgan fingerprint density at radius 3 is 2.64 bits per heavy atom. The molecule has 22 heavy (non-hydrogen) atoms. The summed E-state index contributed by atoms with van der Waals surface area (Å²) in [6.07, 6.45) is 1.38. The smallest absolute Gasteiger partial charge is 0.246 e. The van der Waals surface area contributed by atoms with Crippen LogP contribution >= 0.6 is 0 Å². The van der Waals surface area contributed by atoms with Crippen LogP contribution in [0.2, 0.25) is 0 Å². The summed E-state index contributed by atoms with van der Waals surface area (Å²) in [5.74, 6) is 0.157. The van der Waals surface area contributed by atoms with Gasteiger partial charge in [0.25, 0.3) is 0 Å². The first kappa shape index (κ1) is 14.0. The van der Waals surface area contributed by atoms with Gasteiger partial charge in [-0.3, -0.25) is 0 Å². The zero-order valence-electron chi connectivity index (χ0n) is 12.0. The summed E-state index contributed by atoms with van der Waals surface area (Å²) in [4.78, 5) is 8.28. The molecule has 0 aliphatic rings. The molecule has 0 aliphatic carbocycles. The first-order chi connectivity index (χ1) is 10.6. The SMILES string of the molecule is Cc1ccccc1-c1ncnc(Oc2cccc(F)c2)c1N. The van der Waals surface area contributed by atoms with E-state index in [1.54, 1.807) is 12.1 Å². The molecule has 2 N–H and O–H groups in total. The summed E-state index contributed by atoms with van der Waals surface area (Å²) < 4.78 is 18.8. The van der Waals surface area contributed by atoms with Gasteiger partial charge in [-0.25, -0.2) is 9.37 Å². The second kappa shape index (κ2) is 5.81. The standard InChI is InChI=1S/C17H14FN3O/c1-11-5-2-3-8-14(11)16-15(19)17(21-10-20-16)22-13-7-4-6-12(18)9-13/h2-10H,19H2,1H3. The van der Waals surface area contributed by atoms with Crippen LogP contribution in [-0.4, -0.2) is 9.97 Å². The van der Waals surface area contributed by atoms with Gasteiger partial charge in [-0.05, 0) is 24.6 Å². The van der Waals surface area contributed by atoms with Crippen molar-refractivity contribution in [3.63, 3.8) is 0 Å². The quantitative estimate of drug-likeness (QED) is 0.794. The number of hydrogen-bond donors (Lipinski definition) is 1. The van der Waals surface area contributed by atoms with Crippen molar-refractivity contribution in [3.05, 3.63) is 66.2 Å². The van der Waals surface area contributed by atoms with E-state index < -0.39 is 0 Å². The van der Waals surface area contributed by atoms with Crippen LogP contribution in [0.4, 0.5) is 10.1 Å². The van der Waals surface area contributed by atoms with Gasteiger partial charge in [0, 0.05) is 11.6 Å². The second-order valence-corrected chi connectivity index (χ2v) is 4.82. The maximum absolute atomic E-state index is 13.2. The van der Waals surface area contributed by atoms with Gasteiger partial charge < -0.3 is 10.5 Å². The molecule has 1 aromatic heterocycles. The number of benzene rings is 2. The van der Waals surface area contributed by atoms with Gasteiger partial charge in [-0.15, -0.1) is 0 Å². The van der Waals surface area contributed by atoms with Gasteiger partial charge in [0.1, 0.15) is 29.3 Å². The van der Waals surface area contributed by atoms with Gasteiger partial charge in [0.05, 0.1) is 0 Å². The highest BCUT2D eigenvalue weighted by atomic mass is 19.1. The molecule has 3 aromatic rings. The van der Waals surface area contributed by atoms with Gasteiger partial charge in [0.15, 0.2) is 0 Å². The summed E-state index contributed by atoms with van der Waals surface area (Å²) in [6, 6.07) is 13.6. The fourth-order valence-corrected chi connectivity index (χ4v) is 2.16. The fourth-order valence-electron chi connectivity index (χ4n) is 2.16. The van der Waals surface area contributed by atoms with Crippen LogP contribution in [0.1, 0.15) is 5.56 Å². The average Bonchev–Trinajstić information content (AvgIpc) is 2.50. The molecular formula is C17H14FN3O. The number of nitrogens with two attached hydrogens (primary N) is 1. The van der Waals surface area contributed by atoms with Crippen LogP contribution in [0.5, 0.6) is 11.6 Å². The molecule has 5 heteroatoms. The predicted octanol–water partition coefficient (Wildman–Crippen LogP) is 3.97. The van der Waals surface area contributed by atoms with E-state index in [0.29, 0.717) is 17.1 Å². The molecule has 1 heterocycles. The van der Waals surface area contributed by atoms with Gasteiger partial charge in [-0.2, -0.15) is 4.98 Å². The molecule has 0 bridgehead atoms. The zero-order chi connectivity index (χ0) is 15.5. The molecule has 0 saturated heterocycles. The average molecular weight is 295 g/mol. The van der Waals surface area contributed by atoms with E-state index >= 15 is 0 Å². The molecular weight excluding hydrogens is 281 g/mol. The Labute approximate surface area is 127 Å². The van der Waals surface area contributed by atoms with Crippen molar-refractivity contribution in [2.24, 2.45) is 0 Å². The lowest BCUT2D eigenvalue weighted by atomic mass is 10.0. The zero-order valence-corrected chi connectivity index (χ0v) is 12.0. The summed E-state index contributed by atoms with van der Waals surface area (Å²) in [7, 11) is 0. The number of nitrogen functional groups attached to an aromatic ring is 1. The third-order valence-corrected chi connectivity index (χ3v) is 3.26. The lowest BCUT2D eigenvalue weighted by Crippen LogP contribution is -2.00. The molecule has 0 fully saturated rings. The van der Waals surface area contributed by atoms with Crippen LogP contribution in [0.3, 0.4) is 0 Å². The minimum Gasteiger partial charge on any atom is -0.437 e. The van der Waals surface area contributed by atoms with Crippen LogP contribution < -0.4 is 10.5 Å². The molecule has 3 rings (SSSR count). The van der Waals surface area contributed by atoms with E-state index in [1.807, 2.05) is 31.2 Å². The van der Waals surface area contributed by atoms with E-state index in [2.05, 4.69) is 9.97 Å². The Balaban J connectivity index is 2.01. The van der Waals surface area contributed by atoms with Gasteiger partial charge in [-0.1, -0.05) is 30.3 Å². The van der Waals surface area contributed by atoms with Crippen molar-refractivity contribution in [2.75, 3.05) is 5.73 Å². The second-order valence-electron chi connectivity index (χ2n) is 4.82. The monoisotopic (exact) mass is 295 g/mol. The molecule has 2 aromatic carbocycles. The number of hydrogen-bond acceptors (Lipinski definition) is 4. The number of anilines is 1. The Hall–Kier alpha value is -2.95. The largest absolute Gasteiger partial charge is 0.437 e. The van der Waals surface area contributed by atoms with Crippen molar-refractivity contribution in [3.8, 4) is 22.9 Å². The lowest BCUT2D eigenvalue weighted by molar-refractivity contribution is 0.459. The van der Waals surface area contributed by atoms with Crippen molar-refractivity contribution >= 4 is 5.69 Å². The lowest BCUT2D eigenvalue weighted by Gasteiger charge is -2.11. The first-order valence-corrected chi connectivity index (χ1v) is 6.75. The van der Waals surface area contributed by atoms with E-state index in [1.165, 1.54) is 18.5 Å². The first-order valence-electron chi connectivity index (χ1n) is 6.75. The Kier molecular flexibility index (Phi) is 3.70. The molecule has 0 atom stereocenters. The Morgan fingerprint density at radius 1 is 1.05 bits per heavy atom. The maximum atomic E-state index is 13.2. The number of nitrogens with zero attached hydrogens (tertiary/aromatic N) is 2. The molecule has 0 radical (unpaired) electrons. The van der Waals surface area contributed by atoms with Crippen LogP contribution in [0.25, 0.3) is 11.3 Å². The summed E-state index contributed by atoms with van der Waals surface area (Å²) >= 11 is 0. The van der Waals surface area contributed by atoms with E-state index in [-0.39, 0.29) is 11.7 Å². The van der Waals surface area contributed by atoms with Crippen LogP contribution in [-0.2, 0) is 0 Å². The number of ether oxygens (including phenoxy) is 1. The predicted molar refractivity (Wildman–Crippen MR) is 83.1 cm³/mol. The number of rotatable bonds is 3. The van der Waals surface area contributed by atoms with Crippen molar-refractivity contribution < 1.29 is 9.13 Å². The van der Waals surface area contributed by atoms with Crippen LogP contribution in [0.15, 0.2) is 54.9 Å². The summed E-state index contributed by atoms with van der Waals surface area (Å²) in [5.41, 5.74) is 9.00. The minimum atomic E-state index is -0.385. The van der Waals surface area contributed by atoms with E-state index in [4.69, 9.17) is 10.5 Å². The van der Waals surface area contributed by atoms with Crippen molar-refractivity contribution in [1.82, 2.24) is 9.97 Å². The molecule has 0 aliphatic heterocycles. The summed E-state index contributed by atoms with van der Waals surface area (Å²) in [5, 5.41) is 0. The molecule has 0 unspecified atom stereocenters. The molecule has 4 nitrogen and oxygen atoms in total. The van der Waals surface area contributed by atoms with Gasteiger partial charge in [0.2, 0.25) is 5.88 Å². The third kappa shape index (κ3) is 2.74. The molecule has 0 amide bonds. The fraction of sp³-hybridized carbons (Fsp3) is 0.0588. The van der Waals surface area contributed by atoms with Crippen LogP contribution in [0, 0.1) is 12.7 Å². The molecule has 110 valence electrons. The highest BCUT2D eigenvalue weighted by Crippen LogP contribution is 2.33. The van der Waals surface area contributed by atoms with Gasteiger partial charge >= 0.3 is 0 Å². The highest BCUT2D eigenvalue weighted by molar-refractivity contribution is 5.77. The Morgan fingerprint density at radius 2 is 1.86 bits per heavy atom. The third-order valence-electron chi connectivity index (χ3n) is 3.26. The maximum Gasteiger partial charge on any atom is 0.246 e. The number of halogens is 1. The highest BCUT2D eigenvalue weighted by Gasteiger charge is 2.13. The Bertz CT molecular complexity index is 821. The minimum absolute atomic E-state index is 0.207. The number of aryl methyl sites for hydroxylation is 1. The normalized spacial score (nSPS) is 10.5.